The highest BCUT2D eigenvalue weighted by molar-refractivity contribution is 5.60. The number of aromatic hydroxyl groups is 1. The van der Waals surface area contributed by atoms with E-state index >= 15 is 0 Å². The van der Waals surface area contributed by atoms with Gasteiger partial charge >= 0.3 is 0 Å². The molecule has 3 aromatic rings. The van der Waals surface area contributed by atoms with Gasteiger partial charge < -0.3 is 10.4 Å². The molecular weight excluding hydrogens is 312 g/mol. The molecule has 0 radical (unpaired) electrons. The molecule has 5 heteroatoms. The highest BCUT2D eigenvalue weighted by Gasteiger charge is 2.21. The summed E-state index contributed by atoms with van der Waals surface area (Å²) in [6.07, 6.45) is 6.63. The maximum absolute atomic E-state index is 9.72. The first kappa shape index (κ1) is 15.6. The fourth-order valence-corrected chi connectivity index (χ4v) is 3.26. The van der Waals surface area contributed by atoms with Gasteiger partial charge in [-0.1, -0.05) is 12.1 Å². The van der Waals surface area contributed by atoms with Gasteiger partial charge in [-0.15, -0.1) is 0 Å². The maximum atomic E-state index is 9.72. The minimum absolute atomic E-state index is 0.0356. The zero-order valence-electron chi connectivity index (χ0n) is 14.1. The lowest BCUT2D eigenvalue weighted by Crippen LogP contribution is -2.11. The van der Waals surface area contributed by atoms with Crippen molar-refractivity contribution in [1.29, 1.82) is 0 Å². The molecule has 25 heavy (non-hydrogen) atoms. The zero-order chi connectivity index (χ0) is 17.2. The van der Waals surface area contributed by atoms with Gasteiger partial charge in [0, 0.05) is 29.2 Å². The van der Waals surface area contributed by atoms with Crippen molar-refractivity contribution in [2.24, 2.45) is 0 Å². The van der Waals surface area contributed by atoms with Gasteiger partial charge in [0.2, 0.25) is 0 Å². The second kappa shape index (κ2) is 6.51. The second-order valence-electron chi connectivity index (χ2n) is 6.38. The smallest absolute Gasteiger partial charge is 0.163 e. The van der Waals surface area contributed by atoms with Gasteiger partial charge in [0.05, 0.1) is 6.04 Å². The van der Waals surface area contributed by atoms with Gasteiger partial charge in [-0.3, -0.25) is 4.98 Å². The van der Waals surface area contributed by atoms with Crippen molar-refractivity contribution in [3.05, 3.63) is 65.6 Å². The van der Waals surface area contributed by atoms with Gasteiger partial charge in [-0.2, -0.15) is 0 Å². The quantitative estimate of drug-likeness (QED) is 0.758. The number of anilines is 1. The lowest BCUT2D eigenvalue weighted by Gasteiger charge is -2.18. The van der Waals surface area contributed by atoms with Crippen LogP contribution in [0.3, 0.4) is 0 Å². The fraction of sp³-hybridized carbons (Fsp3) is 0.250. The molecule has 0 saturated carbocycles. The number of aromatic nitrogens is 3. The number of phenols is 1. The van der Waals surface area contributed by atoms with Crippen LogP contribution in [0.5, 0.6) is 5.75 Å². The molecule has 1 aromatic carbocycles. The molecule has 1 aliphatic carbocycles. The topological polar surface area (TPSA) is 70.9 Å². The molecule has 0 spiro atoms. The minimum atomic E-state index is 0.0356. The van der Waals surface area contributed by atoms with Gasteiger partial charge in [0.15, 0.2) is 5.82 Å². The average Bonchev–Trinajstić information content (AvgIpc) is 3.11. The normalized spacial score (nSPS) is 14.1. The van der Waals surface area contributed by atoms with Crippen LogP contribution >= 0.6 is 0 Å². The molecule has 2 heterocycles. The van der Waals surface area contributed by atoms with Crippen LogP contribution in [0.4, 0.5) is 5.82 Å². The lowest BCUT2D eigenvalue weighted by molar-refractivity contribution is 0.474. The van der Waals surface area contributed by atoms with E-state index in [1.54, 1.807) is 24.5 Å². The summed E-state index contributed by atoms with van der Waals surface area (Å²) in [5, 5.41) is 13.2. The van der Waals surface area contributed by atoms with Crippen LogP contribution in [0.25, 0.3) is 11.4 Å². The van der Waals surface area contributed by atoms with Gasteiger partial charge in [-0.25, -0.2) is 9.97 Å². The molecule has 0 saturated heterocycles. The van der Waals surface area contributed by atoms with Crippen LogP contribution < -0.4 is 5.32 Å². The molecule has 2 N–H and O–H groups in total. The van der Waals surface area contributed by atoms with E-state index in [4.69, 9.17) is 9.97 Å². The summed E-state index contributed by atoms with van der Waals surface area (Å²) in [6.45, 7) is 2.07. The Labute approximate surface area is 146 Å². The van der Waals surface area contributed by atoms with E-state index < -0.39 is 0 Å². The summed E-state index contributed by atoms with van der Waals surface area (Å²) in [5.74, 6) is 1.87. The molecule has 2 aromatic heterocycles. The van der Waals surface area contributed by atoms with Crippen LogP contribution in [0.15, 0.2) is 48.8 Å². The average molecular weight is 332 g/mol. The molecular formula is C20H20N4O. The Hall–Kier alpha value is -2.95. The van der Waals surface area contributed by atoms with E-state index in [2.05, 4.69) is 17.2 Å². The lowest BCUT2D eigenvalue weighted by atomic mass is 10.1. The van der Waals surface area contributed by atoms with E-state index in [-0.39, 0.29) is 11.8 Å². The van der Waals surface area contributed by atoms with Gasteiger partial charge in [0.1, 0.15) is 11.6 Å². The molecule has 1 atom stereocenters. The monoisotopic (exact) mass is 332 g/mol. The Kier molecular flexibility index (Phi) is 4.06. The number of hydrogen-bond donors (Lipinski definition) is 2. The SMILES string of the molecule is C[C@@H](Nc1nc(-c2cccnc2)nc2c1CCC2)c1cccc(O)c1. The molecule has 0 aliphatic heterocycles. The Morgan fingerprint density at radius 2 is 2.04 bits per heavy atom. The molecule has 5 nitrogen and oxygen atoms in total. The minimum Gasteiger partial charge on any atom is -0.508 e. The standard InChI is InChI=1S/C20H20N4O/c1-13(14-5-2-7-16(25)11-14)22-20-17-8-3-9-18(17)23-19(24-20)15-6-4-10-21-12-15/h2,4-7,10-13,25H,3,8-9H2,1H3,(H,22,23,24)/t13-/m1/s1. The van der Waals surface area contributed by atoms with Crippen molar-refractivity contribution in [2.75, 3.05) is 5.32 Å². The van der Waals surface area contributed by atoms with Crippen molar-refractivity contribution >= 4 is 5.82 Å². The van der Waals surface area contributed by atoms with Crippen LogP contribution in [0.1, 0.15) is 36.2 Å². The second-order valence-corrected chi connectivity index (χ2v) is 6.38. The van der Waals surface area contributed by atoms with Crippen LogP contribution in [0, 0.1) is 0 Å². The Morgan fingerprint density at radius 1 is 1.12 bits per heavy atom. The Bertz CT molecular complexity index is 895. The molecule has 4 rings (SSSR count). The number of fused-ring (bicyclic) bond motifs is 1. The summed E-state index contributed by atoms with van der Waals surface area (Å²) in [5.41, 5.74) is 4.28. The molecule has 126 valence electrons. The summed E-state index contributed by atoms with van der Waals surface area (Å²) >= 11 is 0. The molecule has 0 fully saturated rings. The first-order valence-corrected chi connectivity index (χ1v) is 8.56. The third kappa shape index (κ3) is 3.18. The van der Waals surface area contributed by atoms with Crippen molar-refractivity contribution in [3.8, 4) is 17.1 Å². The Morgan fingerprint density at radius 3 is 2.84 bits per heavy atom. The summed E-state index contributed by atoms with van der Waals surface area (Å²) in [4.78, 5) is 13.7. The number of hydrogen-bond acceptors (Lipinski definition) is 5. The molecule has 1 aliphatic rings. The third-order valence-corrected chi connectivity index (χ3v) is 4.58. The van der Waals surface area contributed by atoms with E-state index in [1.165, 1.54) is 5.56 Å². The number of pyridine rings is 1. The van der Waals surface area contributed by atoms with Crippen molar-refractivity contribution < 1.29 is 5.11 Å². The van der Waals surface area contributed by atoms with E-state index in [9.17, 15) is 5.11 Å². The fourth-order valence-electron chi connectivity index (χ4n) is 3.26. The number of aryl methyl sites for hydroxylation is 1. The van der Waals surface area contributed by atoms with E-state index in [0.29, 0.717) is 5.82 Å². The predicted octanol–water partition coefficient (Wildman–Crippen LogP) is 3.91. The van der Waals surface area contributed by atoms with Crippen molar-refractivity contribution in [3.63, 3.8) is 0 Å². The first-order valence-electron chi connectivity index (χ1n) is 8.56. The maximum Gasteiger partial charge on any atom is 0.163 e. The van der Waals surface area contributed by atoms with Crippen LogP contribution in [-0.2, 0) is 12.8 Å². The zero-order valence-corrected chi connectivity index (χ0v) is 14.1. The van der Waals surface area contributed by atoms with E-state index in [1.807, 2.05) is 24.3 Å². The molecule has 0 unspecified atom stereocenters. The molecule has 0 amide bonds. The largest absolute Gasteiger partial charge is 0.508 e. The predicted molar refractivity (Wildman–Crippen MR) is 97.4 cm³/mol. The first-order chi connectivity index (χ1) is 12.2. The Balaban J connectivity index is 1.70. The number of rotatable bonds is 4. The molecule has 0 bridgehead atoms. The van der Waals surface area contributed by atoms with Gasteiger partial charge in [0.25, 0.3) is 0 Å². The highest BCUT2D eigenvalue weighted by Crippen LogP contribution is 2.31. The summed E-state index contributed by atoms with van der Waals surface area (Å²) < 4.78 is 0. The third-order valence-electron chi connectivity index (χ3n) is 4.58. The van der Waals surface area contributed by atoms with Crippen molar-refractivity contribution in [2.45, 2.75) is 32.2 Å². The van der Waals surface area contributed by atoms with Crippen molar-refractivity contribution in [1.82, 2.24) is 15.0 Å². The van der Waals surface area contributed by atoms with E-state index in [0.717, 1.165) is 41.9 Å². The summed E-state index contributed by atoms with van der Waals surface area (Å²) in [6, 6.07) is 11.2. The van der Waals surface area contributed by atoms with Gasteiger partial charge in [-0.05, 0) is 56.0 Å². The number of nitrogens with zero attached hydrogens (tertiary/aromatic N) is 3. The number of nitrogens with one attached hydrogen (secondary N) is 1. The van der Waals surface area contributed by atoms with Crippen LogP contribution in [-0.4, -0.2) is 20.1 Å². The summed E-state index contributed by atoms with van der Waals surface area (Å²) in [7, 11) is 0. The van der Waals surface area contributed by atoms with Crippen LogP contribution in [0.2, 0.25) is 0 Å². The number of phenolic OH excluding ortho intramolecular Hbond substituents is 1. The number of benzene rings is 1. The highest BCUT2D eigenvalue weighted by atomic mass is 16.3.